The van der Waals surface area contributed by atoms with Gasteiger partial charge in [-0.15, -0.1) is 0 Å². The molecule has 0 aliphatic carbocycles. The van der Waals surface area contributed by atoms with Crippen LogP contribution in [0.15, 0.2) is 53.4 Å². The fourth-order valence-electron chi connectivity index (χ4n) is 4.46. The van der Waals surface area contributed by atoms with Crippen LogP contribution in [0.3, 0.4) is 0 Å². The Morgan fingerprint density at radius 2 is 1.74 bits per heavy atom. The quantitative estimate of drug-likeness (QED) is 0.427. The summed E-state index contributed by atoms with van der Waals surface area (Å²) in [4.78, 5) is 26.8. The van der Waals surface area contributed by atoms with Gasteiger partial charge in [0.2, 0.25) is 21.8 Å². The summed E-state index contributed by atoms with van der Waals surface area (Å²) < 4.78 is 48.3. The Balaban J connectivity index is 2.00. The van der Waals surface area contributed by atoms with Crippen LogP contribution in [0, 0.1) is 11.7 Å². The number of hydrogen-bond donors (Lipinski definition) is 4. The van der Waals surface area contributed by atoms with Crippen LogP contribution in [0.4, 0.5) is 4.39 Å². The highest BCUT2D eigenvalue weighted by Gasteiger charge is 2.40. The molecule has 11 heteroatoms. The predicted molar refractivity (Wildman–Crippen MR) is 145 cm³/mol. The molecule has 2 amide bonds. The van der Waals surface area contributed by atoms with E-state index in [1.807, 2.05) is 13.8 Å². The van der Waals surface area contributed by atoms with Crippen LogP contribution in [0.25, 0.3) is 0 Å². The van der Waals surface area contributed by atoms with Crippen LogP contribution < -0.4 is 20.1 Å². The third kappa shape index (κ3) is 8.74. The number of rotatable bonds is 6. The lowest BCUT2D eigenvalue weighted by Gasteiger charge is -2.32. The lowest BCUT2D eigenvalue weighted by atomic mass is 9.92. The molecule has 0 saturated heterocycles. The van der Waals surface area contributed by atoms with E-state index in [0.29, 0.717) is 37.2 Å². The van der Waals surface area contributed by atoms with Gasteiger partial charge >= 0.3 is 0 Å². The molecule has 2 aliphatic heterocycles. The highest BCUT2D eigenvalue weighted by atomic mass is 32.2. The number of halogens is 1. The molecular weight excluding hydrogens is 525 g/mol. The second-order valence-electron chi connectivity index (χ2n) is 10.6. The van der Waals surface area contributed by atoms with Gasteiger partial charge in [0.15, 0.2) is 0 Å². The number of hydrogen-bond acceptors (Lipinski definition) is 6. The number of sulfonamides is 1. The molecule has 4 rings (SSSR count). The molecule has 2 bridgehead atoms. The van der Waals surface area contributed by atoms with Crippen molar-refractivity contribution in [2.75, 3.05) is 13.2 Å². The lowest BCUT2D eigenvalue weighted by molar-refractivity contribution is -0.132. The third-order valence-corrected chi connectivity index (χ3v) is 8.19. The summed E-state index contributed by atoms with van der Waals surface area (Å²) in [5, 5.41) is 15.4. The van der Waals surface area contributed by atoms with Crippen LogP contribution in [0.2, 0.25) is 0 Å². The molecule has 2 aliphatic rings. The molecule has 0 unspecified atom stereocenters. The summed E-state index contributed by atoms with van der Waals surface area (Å²) >= 11 is 0. The molecule has 2 aromatic rings. The van der Waals surface area contributed by atoms with E-state index in [1.165, 1.54) is 6.92 Å². The average molecular weight is 564 g/mol. The molecule has 214 valence electrons. The smallest absolute Gasteiger partial charge is 0.242 e. The molecule has 39 heavy (non-hydrogen) atoms. The van der Waals surface area contributed by atoms with Crippen LogP contribution in [0.1, 0.15) is 52.0 Å². The molecule has 4 N–H and O–H groups in total. The zero-order valence-electron chi connectivity index (χ0n) is 22.6. The first-order valence-corrected chi connectivity index (χ1v) is 14.6. The van der Waals surface area contributed by atoms with Gasteiger partial charge in [0.05, 0.1) is 24.2 Å². The molecule has 0 aromatic heterocycles. The van der Waals surface area contributed by atoms with Crippen LogP contribution in [0.5, 0.6) is 5.75 Å². The van der Waals surface area contributed by atoms with Gasteiger partial charge in [-0.1, -0.05) is 26.0 Å². The second-order valence-corrected chi connectivity index (χ2v) is 12.3. The molecule has 3 atom stereocenters. The summed E-state index contributed by atoms with van der Waals surface area (Å²) in [6.07, 6.45) is 2.24. The van der Waals surface area contributed by atoms with Gasteiger partial charge in [0.1, 0.15) is 23.1 Å². The minimum Gasteiger partial charge on any atom is -0.494 e. The van der Waals surface area contributed by atoms with Crippen LogP contribution in [-0.4, -0.2) is 56.2 Å². The minimum absolute atomic E-state index is 0.0329. The highest BCUT2D eigenvalue weighted by molar-refractivity contribution is 7.89. The van der Waals surface area contributed by atoms with E-state index in [1.54, 1.807) is 24.3 Å². The number of aliphatic hydroxyl groups excluding tert-OH is 1. The van der Waals surface area contributed by atoms with E-state index < -0.39 is 45.3 Å². The summed E-state index contributed by atoms with van der Waals surface area (Å²) in [6, 6.07) is 9.85. The molecule has 2 aromatic carbocycles. The summed E-state index contributed by atoms with van der Waals surface area (Å²) in [5.41, 5.74) is -1.05. The van der Waals surface area contributed by atoms with E-state index in [4.69, 9.17) is 4.74 Å². The van der Waals surface area contributed by atoms with Gasteiger partial charge in [0.25, 0.3) is 0 Å². The molecular formula is C28H38FN3O6S. The minimum atomic E-state index is -4.25. The van der Waals surface area contributed by atoms with Crippen LogP contribution >= 0.6 is 0 Å². The monoisotopic (exact) mass is 563 g/mol. The SMILES string of the molecule is CC(C)C[C@@H]1NC(=O)[C@@](C)(NS(=O)(=O)c2ccc(F)cc2)Cc2ccc(cc2)OCCCC[C@@H](CO)NC1=O. The Morgan fingerprint density at radius 3 is 2.36 bits per heavy atom. The second kappa shape index (κ2) is 13.4. The number of benzene rings is 2. The van der Waals surface area contributed by atoms with E-state index in [2.05, 4.69) is 15.4 Å². The van der Waals surface area contributed by atoms with Crippen LogP contribution in [-0.2, 0) is 26.0 Å². The van der Waals surface area contributed by atoms with Gasteiger partial charge in [-0.25, -0.2) is 12.8 Å². The maximum atomic E-state index is 13.8. The molecule has 0 fully saturated rings. The van der Waals surface area contributed by atoms with Crippen molar-refractivity contribution in [1.82, 2.24) is 15.4 Å². The maximum absolute atomic E-state index is 13.8. The van der Waals surface area contributed by atoms with Crippen molar-refractivity contribution in [1.29, 1.82) is 0 Å². The molecule has 0 saturated carbocycles. The number of amides is 2. The van der Waals surface area contributed by atoms with Crippen molar-refractivity contribution in [3.8, 4) is 5.75 Å². The molecule has 0 radical (unpaired) electrons. The van der Waals surface area contributed by atoms with Crippen molar-refractivity contribution < 1.29 is 32.2 Å². The fraction of sp³-hybridized carbons (Fsp3) is 0.500. The van der Waals surface area contributed by atoms with E-state index in [9.17, 15) is 27.5 Å². The van der Waals surface area contributed by atoms with Crippen molar-refractivity contribution in [2.24, 2.45) is 5.92 Å². The van der Waals surface area contributed by atoms with E-state index in [0.717, 1.165) is 30.7 Å². The van der Waals surface area contributed by atoms with Crippen molar-refractivity contribution in [2.45, 2.75) is 75.4 Å². The zero-order chi connectivity index (χ0) is 28.6. The Kier molecular flexibility index (Phi) is 10.5. The number of nitrogens with one attached hydrogen (secondary N) is 3. The first-order chi connectivity index (χ1) is 18.4. The number of carbonyl (C=O) groups excluding carboxylic acids is 2. The van der Waals surface area contributed by atoms with E-state index >= 15 is 0 Å². The third-order valence-electron chi connectivity index (χ3n) is 6.58. The summed E-state index contributed by atoms with van der Waals surface area (Å²) in [5.74, 6) is -1.08. The highest BCUT2D eigenvalue weighted by Crippen LogP contribution is 2.22. The van der Waals surface area contributed by atoms with Crippen molar-refractivity contribution >= 4 is 21.8 Å². The Morgan fingerprint density at radius 1 is 1.08 bits per heavy atom. The van der Waals surface area contributed by atoms with Gasteiger partial charge in [-0.3, -0.25) is 9.59 Å². The molecule has 0 spiro atoms. The number of fused-ring (bicyclic) bond motifs is 14. The fourth-order valence-corrected chi connectivity index (χ4v) is 5.83. The zero-order valence-corrected chi connectivity index (χ0v) is 23.4. The maximum Gasteiger partial charge on any atom is 0.242 e. The number of ether oxygens (including phenoxy) is 1. The Bertz CT molecular complexity index is 1220. The van der Waals surface area contributed by atoms with Crippen molar-refractivity contribution in [3.63, 3.8) is 0 Å². The molecule has 9 nitrogen and oxygen atoms in total. The van der Waals surface area contributed by atoms with Gasteiger partial charge in [0, 0.05) is 6.42 Å². The molecule has 2 heterocycles. The van der Waals surface area contributed by atoms with Crippen molar-refractivity contribution in [3.05, 3.63) is 59.9 Å². The van der Waals surface area contributed by atoms with E-state index in [-0.39, 0.29) is 23.8 Å². The Labute approximate surface area is 229 Å². The lowest BCUT2D eigenvalue weighted by Crippen LogP contribution is -2.62. The van der Waals surface area contributed by atoms with Gasteiger partial charge in [-0.2, -0.15) is 4.72 Å². The van der Waals surface area contributed by atoms with Gasteiger partial charge < -0.3 is 20.5 Å². The normalized spacial score (nSPS) is 23.5. The summed E-state index contributed by atoms with van der Waals surface area (Å²) in [7, 11) is -4.25. The summed E-state index contributed by atoms with van der Waals surface area (Å²) in [6.45, 7) is 5.46. The van der Waals surface area contributed by atoms with Gasteiger partial charge in [-0.05, 0) is 80.5 Å². The standard InChI is InChI=1S/C28H38FN3O6S/c1-19(2)16-25-26(34)30-22(18-33)6-4-5-15-38-23-11-7-20(8-12-23)17-28(3,27(35)31-25)32-39(36,37)24-13-9-21(29)10-14-24/h7-14,19,22,25,32-33H,4-6,15-18H2,1-3H3,(H,30,34)(H,31,35)/t22-,25-,28-/m0/s1. The number of carbonyl (C=O) groups is 2. The first-order valence-electron chi connectivity index (χ1n) is 13.2. The average Bonchev–Trinajstić information content (AvgIpc) is 2.87. The topological polar surface area (TPSA) is 134 Å². The first kappa shape index (κ1) is 30.5. The predicted octanol–water partition coefficient (Wildman–Crippen LogP) is 2.68. The number of aliphatic hydroxyl groups is 1. The Hall–Kier alpha value is -3.02. The largest absolute Gasteiger partial charge is 0.494 e.